The molecule has 2 aromatic carbocycles. The molecule has 0 unspecified atom stereocenters. The van der Waals surface area contributed by atoms with E-state index in [1.807, 2.05) is 18.3 Å². The molecule has 0 amide bonds. The summed E-state index contributed by atoms with van der Waals surface area (Å²) in [5, 5.41) is 4.53. The second-order valence-corrected chi connectivity index (χ2v) is 6.75. The smallest absolute Gasteiger partial charge is 0.213 e. The normalized spacial score (nSPS) is 18.7. The van der Waals surface area contributed by atoms with E-state index in [0.717, 1.165) is 48.1 Å². The van der Waals surface area contributed by atoms with E-state index in [-0.39, 0.29) is 0 Å². The average Bonchev–Trinajstić information content (AvgIpc) is 2.68. The number of ether oxygens (including phenoxy) is 2. The number of hydrogen-bond acceptors (Lipinski definition) is 4. The van der Waals surface area contributed by atoms with Crippen molar-refractivity contribution < 1.29 is 9.47 Å². The van der Waals surface area contributed by atoms with Gasteiger partial charge in [0.05, 0.1) is 12.1 Å². The Hall–Kier alpha value is -2.43. The van der Waals surface area contributed by atoms with Crippen molar-refractivity contribution in [1.29, 1.82) is 0 Å². The van der Waals surface area contributed by atoms with Crippen LogP contribution in [0.2, 0.25) is 0 Å². The van der Waals surface area contributed by atoms with Crippen LogP contribution >= 0.6 is 0 Å². The second-order valence-electron chi connectivity index (χ2n) is 6.75. The molecule has 1 N–H and O–H groups in total. The lowest BCUT2D eigenvalue weighted by Crippen LogP contribution is -2.49. The van der Waals surface area contributed by atoms with Crippen LogP contribution in [0.25, 0.3) is 22.0 Å². The second kappa shape index (κ2) is 5.83. The first-order valence-corrected chi connectivity index (χ1v) is 8.84. The van der Waals surface area contributed by atoms with Crippen LogP contribution in [-0.2, 0) is 11.3 Å². The number of hydrogen-bond donors (Lipinski definition) is 1. The van der Waals surface area contributed by atoms with Crippen molar-refractivity contribution in [3.8, 4) is 16.9 Å². The van der Waals surface area contributed by atoms with Gasteiger partial charge >= 0.3 is 0 Å². The maximum Gasteiger partial charge on any atom is 0.213 e. The highest BCUT2D eigenvalue weighted by Gasteiger charge is 2.38. The van der Waals surface area contributed by atoms with Crippen molar-refractivity contribution in [1.82, 2.24) is 10.3 Å². The minimum absolute atomic E-state index is 0.441. The summed E-state index contributed by atoms with van der Waals surface area (Å²) >= 11 is 0. The Kier molecular flexibility index (Phi) is 3.47. The molecule has 2 aliphatic heterocycles. The summed E-state index contributed by atoms with van der Waals surface area (Å²) in [5.41, 5.74) is 4.49. The number of rotatable bonds is 1. The lowest BCUT2D eigenvalue weighted by Gasteiger charge is -2.41. The molecular weight excluding hydrogens is 312 g/mol. The molecule has 3 heterocycles. The fourth-order valence-electron chi connectivity index (χ4n) is 3.81. The van der Waals surface area contributed by atoms with Crippen molar-refractivity contribution in [3.05, 3.63) is 60.3 Å². The van der Waals surface area contributed by atoms with Crippen LogP contribution in [0.5, 0.6) is 5.75 Å². The number of benzene rings is 2. The number of piperidine rings is 1. The standard InChI is InChI=1S/C21H20N2O2/c1-3-17(18-4-2-10-23-19(18)5-1)15-6-7-20-16(13-15)14-24-21(25-20)8-11-22-12-9-21/h1-7,10,13,22H,8-9,11-12,14H2. The molecule has 3 aromatic rings. The van der Waals surface area contributed by atoms with Crippen LogP contribution < -0.4 is 10.1 Å². The minimum Gasteiger partial charge on any atom is -0.462 e. The molecule has 5 rings (SSSR count). The van der Waals surface area contributed by atoms with Gasteiger partial charge in [-0.15, -0.1) is 0 Å². The molecule has 0 atom stereocenters. The van der Waals surface area contributed by atoms with Crippen molar-refractivity contribution in [2.24, 2.45) is 0 Å². The number of pyridine rings is 1. The van der Waals surface area contributed by atoms with Gasteiger partial charge in [-0.3, -0.25) is 4.98 Å². The van der Waals surface area contributed by atoms with E-state index in [2.05, 4.69) is 46.7 Å². The van der Waals surface area contributed by atoms with E-state index in [1.165, 1.54) is 11.1 Å². The third kappa shape index (κ3) is 2.58. The van der Waals surface area contributed by atoms with Crippen molar-refractivity contribution in [2.75, 3.05) is 13.1 Å². The van der Waals surface area contributed by atoms with Crippen LogP contribution in [0.3, 0.4) is 0 Å². The quantitative estimate of drug-likeness (QED) is 0.734. The molecule has 0 bridgehead atoms. The van der Waals surface area contributed by atoms with E-state index < -0.39 is 5.79 Å². The Balaban J connectivity index is 1.53. The summed E-state index contributed by atoms with van der Waals surface area (Å²) in [6.07, 6.45) is 3.62. The fourth-order valence-corrected chi connectivity index (χ4v) is 3.81. The summed E-state index contributed by atoms with van der Waals surface area (Å²) in [7, 11) is 0. The van der Waals surface area contributed by atoms with Gasteiger partial charge in [0.25, 0.3) is 0 Å². The molecule has 126 valence electrons. The predicted octanol–water partition coefficient (Wildman–Crippen LogP) is 3.89. The molecule has 4 nitrogen and oxygen atoms in total. The molecule has 0 saturated carbocycles. The molecule has 2 aliphatic rings. The van der Waals surface area contributed by atoms with E-state index in [9.17, 15) is 0 Å². The van der Waals surface area contributed by atoms with Gasteiger partial charge in [-0.2, -0.15) is 0 Å². The highest BCUT2D eigenvalue weighted by atomic mass is 16.7. The van der Waals surface area contributed by atoms with Crippen molar-refractivity contribution >= 4 is 10.9 Å². The largest absolute Gasteiger partial charge is 0.462 e. The zero-order valence-corrected chi connectivity index (χ0v) is 14.0. The average molecular weight is 332 g/mol. The van der Waals surface area contributed by atoms with Gasteiger partial charge in [0.15, 0.2) is 0 Å². The van der Waals surface area contributed by atoms with Gasteiger partial charge in [0.2, 0.25) is 5.79 Å². The molecule has 1 saturated heterocycles. The molecule has 1 fully saturated rings. The topological polar surface area (TPSA) is 43.4 Å². The first kappa shape index (κ1) is 14.9. The third-order valence-corrected chi connectivity index (χ3v) is 5.17. The summed E-state index contributed by atoms with van der Waals surface area (Å²) < 4.78 is 12.4. The predicted molar refractivity (Wildman–Crippen MR) is 97.4 cm³/mol. The van der Waals surface area contributed by atoms with Gasteiger partial charge in [-0.1, -0.05) is 24.3 Å². The molecule has 0 aliphatic carbocycles. The Morgan fingerprint density at radius 1 is 1.00 bits per heavy atom. The first-order valence-electron chi connectivity index (χ1n) is 8.84. The maximum atomic E-state index is 6.26. The zero-order chi connectivity index (χ0) is 16.7. The number of aromatic nitrogens is 1. The van der Waals surface area contributed by atoms with E-state index in [4.69, 9.17) is 9.47 Å². The van der Waals surface area contributed by atoms with Crippen LogP contribution in [0.1, 0.15) is 18.4 Å². The van der Waals surface area contributed by atoms with Crippen LogP contribution in [-0.4, -0.2) is 23.9 Å². The minimum atomic E-state index is -0.441. The summed E-state index contributed by atoms with van der Waals surface area (Å²) in [5.74, 6) is 0.513. The molecule has 4 heteroatoms. The van der Waals surface area contributed by atoms with E-state index in [1.54, 1.807) is 0 Å². The van der Waals surface area contributed by atoms with Gasteiger partial charge in [0, 0.05) is 43.1 Å². The lowest BCUT2D eigenvalue weighted by atomic mass is 9.97. The van der Waals surface area contributed by atoms with Crippen molar-refractivity contribution in [2.45, 2.75) is 25.2 Å². The number of nitrogens with one attached hydrogen (secondary N) is 1. The highest BCUT2D eigenvalue weighted by molar-refractivity contribution is 5.94. The number of nitrogens with zero attached hydrogens (tertiary/aromatic N) is 1. The monoisotopic (exact) mass is 332 g/mol. The van der Waals surface area contributed by atoms with Gasteiger partial charge in [-0.05, 0) is 35.4 Å². The fraction of sp³-hybridized carbons (Fsp3) is 0.286. The molecule has 0 radical (unpaired) electrons. The SMILES string of the molecule is c1cc(-c2ccc3c(c2)COC2(CCNCC2)O3)c2cccnc2c1. The molecular formula is C21H20N2O2. The maximum absolute atomic E-state index is 6.26. The van der Waals surface area contributed by atoms with Crippen LogP contribution in [0.15, 0.2) is 54.7 Å². The van der Waals surface area contributed by atoms with Crippen LogP contribution in [0.4, 0.5) is 0 Å². The Morgan fingerprint density at radius 3 is 2.84 bits per heavy atom. The number of fused-ring (bicyclic) bond motifs is 2. The molecule has 1 spiro atoms. The zero-order valence-electron chi connectivity index (χ0n) is 14.0. The highest BCUT2D eigenvalue weighted by Crippen LogP contribution is 2.39. The first-order chi connectivity index (χ1) is 12.3. The summed E-state index contributed by atoms with van der Waals surface area (Å²) in [4.78, 5) is 4.46. The third-order valence-electron chi connectivity index (χ3n) is 5.17. The summed E-state index contributed by atoms with van der Waals surface area (Å²) in [6.45, 7) is 2.49. The van der Waals surface area contributed by atoms with Crippen molar-refractivity contribution in [3.63, 3.8) is 0 Å². The van der Waals surface area contributed by atoms with E-state index >= 15 is 0 Å². The van der Waals surface area contributed by atoms with Crippen LogP contribution in [0, 0.1) is 0 Å². The Labute approximate surface area is 146 Å². The Bertz CT molecular complexity index is 927. The van der Waals surface area contributed by atoms with E-state index in [0.29, 0.717) is 6.61 Å². The Morgan fingerprint density at radius 2 is 1.92 bits per heavy atom. The van der Waals surface area contributed by atoms with Gasteiger partial charge in [0.1, 0.15) is 5.75 Å². The molecule has 1 aromatic heterocycles. The molecule has 25 heavy (non-hydrogen) atoms. The van der Waals surface area contributed by atoms with Gasteiger partial charge in [-0.25, -0.2) is 0 Å². The van der Waals surface area contributed by atoms with Gasteiger partial charge < -0.3 is 14.8 Å². The lowest BCUT2D eigenvalue weighted by molar-refractivity contribution is -0.218. The summed E-state index contributed by atoms with van der Waals surface area (Å²) in [6, 6.07) is 16.8.